The molecular formula is C28H49NO7S. The summed E-state index contributed by atoms with van der Waals surface area (Å²) in [6, 6.07) is 0. The maximum atomic E-state index is 12.6. The molecule has 8 nitrogen and oxygen atoms in total. The van der Waals surface area contributed by atoms with Gasteiger partial charge in [0.1, 0.15) is 0 Å². The normalized spacial score (nSPS) is 47.3. The van der Waals surface area contributed by atoms with E-state index in [9.17, 15) is 28.5 Å². The van der Waals surface area contributed by atoms with Crippen molar-refractivity contribution in [3.05, 3.63) is 0 Å². The van der Waals surface area contributed by atoms with Crippen molar-refractivity contribution in [2.45, 2.75) is 97.9 Å². The monoisotopic (exact) mass is 543 g/mol. The van der Waals surface area contributed by atoms with Crippen molar-refractivity contribution in [3.8, 4) is 0 Å². The fraction of sp³-hybridized carbons (Fsp3) is 0.964. The molecular weight excluding hydrogens is 494 g/mol. The van der Waals surface area contributed by atoms with Crippen LogP contribution in [-0.4, -0.2) is 64.8 Å². The number of hydrogen-bond donors (Lipinski definition) is 5. The molecule has 4 rings (SSSR count). The first-order valence-electron chi connectivity index (χ1n) is 14.4. The minimum absolute atomic E-state index is 0.0171. The average Bonchev–Trinajstić information content (AvgIpc) is 3.16. The van der Waals surface area contributed by atoms with Crippen LogP contribution < -0.4 is 5.32 Å². The number of hydrogen-bond acceptors (Lipinski definition) is 6. The highest BCUT2D eigenvalue weighted by Gasteiger charge is 2.67. The zero-order valence-electron chi connectivity index (χ0n) is 23.1. The Labute approximate surface area is 222 Å². The van der Waals surface area contributed by atoms with Gasteiger partial charge in [-0.1, -0.05) is 34.6 Å². The van der Waals surface area contributed by atoms with Gasteiger partial charge in [0.15, 0.2) is 0 Å². The summed E-state index contributed by atoms with van der Waals surface area (Å²) in [5.74, 6) is 0.327. The molecule has 4 aliphatic rings. The number of carbonyl (C=O) groups excluding carboxylic acids is 1. The first-order valence-corrected chi connectivity index (χ1v) is 16.0. The lowest BCUT2D eigenvalue weighted by atomic mass is 9.41. The first kappa shape index (κ1) is 29.2. The molecule has 4 aliphatic carbocycles. The number of nitrogens with one attached hydrogen (secondary N) is 1. The Morgan fingerprint density at radius 3 is 2.35 bits per heavy atom. The lowest BCUT2D eigenvalue weighted by Crippen LogP contribution is -2.64. The van der Waals surface area contributed by atoms with Gasteiger partial charge in [0.2, 0.25) is 5.91 Å². The smallest absolute Gasteiger partial charge is 0.266 e. The zero-order chi connectivity index (χ0) is 27.5. The van der Waals surface area contributed by atoms with Crippen molar-refractivity contribution in [1.29, 1.82) is 0 Å². The van der Waals surface area contributed by atoms with Crippen molar-refractivity contribution in [1.82, 2.24) is 5.32 Å². The third-order valence-corrected chi connectivity index (χ3v) is 12.6. The van der Waals surface area contributed by atoms with Crippen LogP contribution in [0.3, 0.4) is 0 Å². The molecule has 0 aliphatic heterocycles. The van der Waals surface area contributed by atoms with Crippen LogP contribution in [0.1, 0.15) is 79.6 Å². The number of amides is 1. The van der Waals surface area contributed by atoms with E-state index in [2.05, 4.69) is 33.0 Å². The molecule has 0 aromatic heterocycles. The molecule has 5 N–H and O–H groups in total. The summed E-state index contributed by atoms with van der Waals surface area (Å²) >= 11 is 0. The summed E-state index contributed by atoms with van der Waals surface area (Å²) in [7, 11) is -4.12. The summed E-state index contributed by atoms with van der Waals surface area (Å²) in [6.45, 7) is 10.6. The molecule has 214 valence electrons. The van der Waals surface area contributed by atoms with Crippen molar-refractivity contribution >= 4 is 16.0 Å². The second-order valence-corrected chi connectivity index (χ2v) is 15.2. The van der Waals surface area contributed by atoms with Crippen LogP contribution in [0.5, 0.6) is 0 Å². The average molecular weight is 544 g/mol. The predicted octanol–water partition coefficient (Wildman–Crippen LogP) is 2.86. The van der Waals surface area contributed by atoms with Gasteiger partial charge in [-0.25, -0.2) is 0 Å². The number of rotatable bonds is 7. The van der Waals surface area contributed by atoms with Crippen molar-refractivity contribution in [2.75, 3.05) is 12.3 Å². The molecule has 13 atom stereocenters. The Kier molecular flexibility index (Phi) is 8.18. The topological polar surface area (TPSA) is 144 Å². The van der Waals surface area contributed by atoms with Crippen LogP contribution in [0.2, 0.25) is 0 Å². The minimum atomic E-state index is -4.12. The number of aliphatic hydroxyl groups excluding tert-OH is 3. The van der Waals surface area contributed by atoms with Crippen molar-refractivity contribution < 1.29 is 33.1 Å². The lowest BCUT2D eigenvalue weighted by Gasteiger charge is -2.65. The third kappa shape index (κ3) is 5.12. The highest BCUT2D eigenvalue weighted by Crippen LogP contribution is 2.69. The molecule has 0 saturated heterocycles. The Balaban J connectivity index is 1.49. The molecule has 4 unspecified atom stereocenters. The quantitative estimate of drug-likeness (QED) is 0.311. The van der Waals surface area contributed by atoms with Crippen LogP contribution >= 0.6 is 0 Å². The van der Waals surface area contributed by atoms with E-state index in [1.165, 1.54) is 0 Å². The number of aliphatic hydroxyl groups is 3. The van der Waals surface area contributed by atoms with E-state index in [0.717, 1.165) is 32.1 Å². The fourth-order valence-corrected chi connectivity index (χ4v) is 10.2. The van der Waals surface area contributed by atoms with Crippen LogP contribution in [0.15, 0.2) is 0 Å². The van der Waals surface area contributed by atoms with E-state index < -0.39 is 28.1 Å². The van der Waals surface area contributed by atoms with Gasteiger partial charge in [0.25, 0.3) is 10.1 Å². The largest absolute Gasteiger partial charge is 0.393 e. The summed E-state index contributed by atoms with van der Waals surface area (Å²) in [6.07, 6.45) is 4.49. The van der Waals surface area contributed by atoms with Crippen LogP contribution in [0.4, 0.5) is 0 Å². The molecule has 0 bridgehead atoms. The van der Waals surface area contributed by atoms with Gasteiger partial charge in [0.05, 0.1) is 24.1 Å². The highest BCUT2D eigenvalue weighted by atomic mass is 32.2. The first-order chi connectivity index (χ1) is 17.1. The van der Waals surface area contributed by atoms with E-state index in [-0.39, 0.29) is 76.7 Å². The van der Waals surface area contributed by atoms with Gasteiger partial charge >= 0.3 is 0 Å². The van der Waals surface area contributed by atoms with Gasteiger partial charge in [0, 0.05) is 12.5 Å². The predicted molar refractivity (Wildman–Crippen MR) is 141 cm³/mol. The SMILES string of the molecule is C[C@H](C[C@@H](C)[C@H]1CCC2C3C(C[C@H](O)[C@@]21C)[C@@]1(C)CC[C@@H](O)CC1[C@@H](C)[C@H]3O)C(=O)NCCS(=O)(=O)O. The number of carbonyl (C=O) groups is 1. The molecule has 0 aromatic carbocycles. The standard InChI is InChI=1S/C28H49NO7S/c1-15(12-16(2)26(33)29-10-11-37(34,35)36)19-6-7-20-24-22(14-23(31)28(19,20)5)27(4)9-8-18(30)13-21(27)17(3)25(24)32/h15-25,30-32H,6-14H2,1-5H3,(H,29,33)(H,34,35,36)/t15-,16-,17-,18-,19-,20?,21?,22?,23+,24?,25-,27+,28-/m1/s1. The zero-order valence-corrected chi connectivity index (χ0v) is 24.0. The van der Waals surface area contributed by atoms with Gasteiger partial charge in [-0.2, -0.15) is 8.42 Å². The van der Waals surface area contributed by atoms with E-state index in [0.29, 0.717) is 12.8 Å². The molecule has 37 heavy (non-hydrogen) atoms. The molecule has 0 heterocycles. The van der Waals surface area contributed by atoms with Gasteiger partial charge in [-0.05, 0) is 97.2 Å². The molecule has 0 aromatic rings. The molecule has 4 fully saturated rings. The Hall–Kier alpha value is -0.740. The Bertz CT molecular complexity index is 958. The Morgan fingerprint density at radius 2 is 1.70 bits per heavy atom. The summed E-state index contributed by atoms with van der Waals surface area (Å²) < 4.78 is 30.8. The summed E-state index contributed by atoms with van der Waals surface area (Å²) in [4.78, 5) is 12.6. The van der Waals surface area contributed by atoms with Gasteiger partial charge in [-0.3, -0.25) is 9.35 Å². The van der Waals surface area contributed by atoms with E-state index in [1.807, 2.05) is 6.92 Å². The van der Waals surface area contributed by atoms with E-state index in [4.69, 9.17) is 4.55 Å². The van der Waals surface area contributed by atoms with Crippen molar-refractivity contribution in [3.63, 3.8) is 0 Å². The second kappa shape index (κ2) is 10.3. The minimum Gasteiger partial charge on any atom is -0.393 e. The second-order valence-electron chi connectivity index (χ2n) is 13.7. The molecule has 1 amide bonds. The van der Waals surface area contributed by atoms with E-state index >= 15 is 0 Å². The van der Waals surface area contributed by atoms with Crippen molar-refractivity contribution in [2.24, 2.45) is 58.2 Å². The molecule has 9 heteroatoms. The lowest BCUT2D eigenvalue weighted by molar-refractivity contribution is -0.225. The maximum Gasteiger partial charge on any atom is 0.266 e. The van der Waals surface area contributed by atoms with Gasteiger partial charge < -0.3 is 20.6 Å². The molecule has 0 radical (unpaired) electrons. The van der Waals surface area contributed by atoms with E-state index in [1.54, 1.807) is 0 Å². The molecule has 0 spiro atoms. The van der Waals surface area contributed by atoms with Gasteiger partial charge in [-0.15, -0.1) is 0 Å². The highest BCUT2D eigenvalue weighted by molar-refractivity contribution is 7.85. The van der Waals surface area contributed by atoms with Crippen LogP contribution in [0.25, 0.3) is 0 Å². The third-order valence-electron chi connectivity index (χ3n) is 11.8. The fourth-order valence-electron chi connectivity index (χ4n) is 9.89. The molecule has 4 saturated carbocycles. The Morgan fingerprint density at radius 1 is 1.03 bits per heavy atom. The maximum absolute atomic E-state index is 12.6. The summed E-state index contributed by atoms with van der Waals surface area (Å²) in [5.41, 5.74) is -0.316. The summed E-state index contributed by atoms with van der Waals surface area (Å²) in [5, 5.41) is 36.4. The van der Waals surface area contributed by atoms with Crippen LogP contribution in [-0.2, 0) is 14.9 Å². The number of fused-ring (bicyclic) bond motifs is 5. The van der Waals surface area contributed by atoms with Crippen LogP contribution in [0, 0.1) is 58.2 Å².